The fourth-order valence-electron chi connectivity index (χ4n) is 1.69. The van der Waals surface area contributed by atoms with Gasteiger partial charge in [0.2, 0.25) is 0 Å². The second kappa shape index (κ2) is 4.31. The van der Waals surface area contributed by atoms with Crippen LogP contribution in [-0.4, -0.2) is 17.7 Å². The first kappa shape index (κ1) is 11.8. The van der Waals surface area contributed by atoms with Gasteiger partial charge in [-0.15, -0.1) is 0 Å². The van der Waals surface area contributed by atoms with Gasteiger partial charge >= 0.3 is 5.97 Å². The Kier molecular flexibility index (Phi) is 3.00. The average Bonchev–Trinajstić information content (AvgIpc) is 2.99. The molecule has 0 amide bonds. The lowest BCUT2D eigenvalue weighted by atomic mass is 10.0. The molecule has 0 aliphatic heterocycles. The number of hydrogen-bond acceptors (Lipinski definition) is 2. The number of ether oxygens (including phenoxy) is 1. The zero-order valence-corrected chi connectivity index (χ0v) is 9.08. The molecule has 1 aromatic rings. The molecule has 0 aromatic heterocycles. The molecule has 3 nitrogen and oxygen atoms in total. The van der Waals surface area contributed by atoms with Crippen LogP contribution in [0.2, 0.25) is 0 Å². The number of rotatable bonds is 5. The highest BCUT2D eigenvalue weighted by Crippen LogP contribution is 2.49. The second-order valence-corrected chi connectivity index (χ2v) is 4.43. The molecule has 0 saturated heterocycles. The number of aliphatic carboxylic acids is 1. The van der Waals surface area contributed by atoms with E-state index in [1.165, 1.54) is 0 Å². The van der Waals surface area contributed by atoms with Gasteiger partial charge in [0.25, 0.3) is 0 Å². The molecule has 2 rings (SSSR count). The lowest BCUT2D eigenvalue weighted by molar-refractivity contribution is -0.138. The van der Waals surface area contributed by atoms with Gasteiger partial charge in [-0.3, -0.25) is 4.79 Å². The highest BCUT2D eigenvalue weighted by molar-refractivity contribution is 5.68. The Morgan fingerprint density at radius 3 is 2.71 bits per heavy atom. The van der Waals surface area contributed by atoms with E-state index < -0.39 is 23.0 Å². The fraction of sp³-hybridized carbons (Fsp3) is 0.417. The van der Waals surface area contributed by atoms with E-state index in [1.807, 2.05) is 0 Å². The summed E-state index contributed by atoms with van der Waals surface area (Å²) in [7, 11) is 0. The van der Waals surface area contributed by atoms with Crippen molar-refractivity contribution in [2.75, 3.05) is 6.61 Å². The third-order valence-corrected chi connectivity index (χ3v) is 2.91. The van der Waals surface area contributed by atoms with Crippen LogP contribution in [0.3, 0.4) is 0 Å². The first-order valence-corrected chi connectivity index (χ1v) is 5.30. The van der Waals surface area contributed by atoms with Crippen LogP contribution < -0.4 is 4.74 Å². The van der Waals surface area contributed by atoms with Gasteiger partial charge in [-0.2, -0.15) is 0 Å². The van der Waals surface area contributed by atoms with Crippen molar-refractivity contribution in [3.8, 4) is 5.75 Å². The van der Waals surface area contributed by atoms with Gasteiger partial charge in [0.15, 0.2) is 11.6 Å². The van der Waals surface area contributed by atoms with Crippen molar-refractivity contribution >= 4 is 5.97 Å². The fourth-order valence-corrected chi connectivity index (χ4v) is 1.69. The molecular formula is C12H12F2O3. The van der Waals surface area contributed by atoms with Crippen molar-refractivity contribution in [2.24, 2.45) is 5.41 Å². The zero-order chi connectivity index (χ0) is 12.5. The maximum Gasteiger partial charge on any atom is 0.304 e. The summed E-state index contributed by atoms with van der Waals surface area (Å²) in [6.07, 6.45) is 1.50. The van der Waals surface area contributed by atoms with Crippen molar-refractivity contribution in [1.29, 1.82) is 0 Å². The SMILES string of the molecule is O=C(O)CC1(COc2cc(F)ccc2F)CC1. The second-order valence-electron chi connectivity index (χ2n) is 4.43. The highest BCUT2D eigenvalue weighted by Gasteiger charge is 2.45. The number of carbonyl (C=O) groups is 1. The van der Waals surface area contributed by atoms with E-state index in [4.69, 9.17) is 9.84 Å². The van der Waals surface area contributed by atoms with Crippen molar-refractivity contribution in [2.45, 2.75) is 19.3 Å². The van der Waals surface area contributed by atoms with E-state index in [9.17, 15) is 13.6 Å². The molecule has 0 spiro atoms. The van der Waals surface area contributed by atoms with Crippen molar-refractivity contribution < 1.29 is 23.4 Å². The van der Waals surface area contributed by atoms with Gasteiger partial charge in [0.05, 0.1) is 13.0 Å². The van der Waals surface area contributed by atoms with E-state index in [1.54, 1.807) is 0 Å². The molecule has 1 saturated carbocycles. The number of hydrogen-bond donors (Lipinski definition) is 1. The lowest BCUT2D eigenvalue weighted by Gasteiger charge is -2.14. The van der Waals surface area contributed by atoms with E-state index in [-0.39, 0.29) is 18.8 Å². The largest absolute Gasteiger partial charge is 0.490 e. The third-order valence-electron chi connectivity index (χ3n) is 2.91. The summed E-state index contributed by atoms with van der Waals surface area (Å²) in [5, 5.41) is 8.70. The monoisotopic (exact) mass is 242 g/mol. The summed E-state index contributed by atoms with van der Waals surface area (Å²) in [6, 6.07) is 2.96. The van der Waals surface area contributed by atoms with Crippen molar-refractivity contribution in [3.63, 3.8) is 0 Å². The van der Waals surface area contributed by atoms with Gasteiger partial charge < -0.3 is 9.84 Å². The van der Waals surface area contributed by atoms with Gasteiger partial charge in [-0.25, -0.2) is 8.78 Å². The number of halogens is 2. The van der Waals surface area contributed by atoms with E-state index >= 15 is 0 Å². The quantitative estimate of drug-likeness (QED) is 0.863. The lowest BCUT2D eigenvalue weighted by Crippen LogP contribution is -2.17. The minimum absolute atomic E-state index is 0.00390. The van der Waals surface area contributed by atoms with Crippen molar-refractivity contribution in [3.05, 3.63) is 29.8 Å². The van der Waals surface area contributed by atoms with Gasteiger partial charge in [0.1, 0.15) is 5.82 Å². The van der Waals surface area contributed by atoms with Gasteiger partial charge in [-0.1, -0.05) is 0 Å². The van der Waals surface area contributed by atoms with Crippen LogP contribution in [0.4, 0.5) is 8.78 Å². The Morgan fingerprint density at radius 1 is 1.41 bits per heavy atom. The van der Waals surface area contributed by atoms with Crippen LogP contribution >= 0.6 is 0 Å². The highest BCUT2D eigenvalue weighted by atomic mass is 19.1. The van der Waals surface area contributed by atoms with E-state index in [0.717, 1.165) is 31.0 Å². The summed E-state index contributed by atoms with van der Waals surface area (Å²) < 4.78 is 31.2. The standard InChI is InChI=1S/C12H12F2O3/c13-8-1-2-9(14)10(5-8)17-7-12(3-4-12)6-11(15)16/h1-2,5H,3-4,6-7H2,(H,15,16). The summed E-state index contributed by atoms with van der Waals surface area (Å²) >= 11 is 0. The average molecular weight is 242 g/mol. The molecule has 17 heavy (non-hydrogen) atoms. The smallest absolute Gasteiger partial charge is 0.304 e. The minimum Gasteiger partial charge on any atom is -0.490 e. The maximum atomic E-state index is 13.2. The summed E-state index contributed by atoms with van der Waals surface area (Å²) in [5.41, 5.74) is -0.398. The summed E-state index contributed by atoms with van der Waals surface area (Å²) in [4.78, 5) is 10.6. The first-order valence-electron chi connectivity index (χ1n) is 5.30. The van der Waals surface area contributed by atoms with E-state index in [0.29, 0.717) is 0 Å². The molecule has 1 fully saturated rings. The topological polar surface area (TPSA) is 46.5 Å². The van der Waals surface area contributed by atoms with Gasteiger partial charge in [0, 0.05) is 11.5 Å². The van der Waals surface area contributed by atoms with E-state index in [2.05, 4.69) is 0 Å². The molecular weight excluding hydrogens is 230 g/mol. The number of benzene rings is 1. The molecule has 1 N–H and O–H groups in total. The molecule has 0 heterocycles. The van der Waals surface area contributed by atoms with Crippen LogP contribution in [0.25, 0.3) is 0 Å². The molecule has 92 valence electrons. The Balaban J connectivity index is 1.98. The van der Waals surface area contributed by atoms with Crippen LogP contribution in [0.5, 0.6) is 5.75 Å². The Morgan fingerprint density at radius 2 is 2.12 bits per heavy atom. The minimum atomic E-state index is -0.897. The van der Waals surface area contributed by atoms with Gasteiger partial charge in [-0.05, 0) is 25.0 Å². The Labute approximate surface area is 97.0 Å². The van der Waals surface area contributed by atoms with Crippen LogP contribution in [-0.2, 0) is 4.79 Å². The summed E-state index contributed by atoms with van der Waals surface area (Å²) in [5.74, 6) is -2.28. The first-order chi connectivity index (χ1) is 8.01. The molecule has 1 aliphatic carbocycles. The predicted molar refractivity (Wildman–Crippen MR) is 55.8 cm³/mol. The molecule has 5 heteroatoms. The van der Waals surface area contributed by atoms with Crippen LogP contribution in [0.15, 0.2) is 18.2 Å². The molecule has 0 unspecified atom stereocenters. The molecule has 0 radical (unpaired) electrons. The maximum absolute atomic E-state index is 13.2. The molecule has 0 bridgehead atoms. The zero-order valence-electron chi connectivity index (χ0n) is 9.08. The molecule has 1 aliphatic rings. The number of carboxylic acid groups (broad SMARTS) is 1. The number of carboxylic acids is 1. The normalized spacial score (nSPS) is 16.6. The van der Waals surface area contributed by atoms with Crippen LogP contribution in [0, 0.1) is 17.0 Å². The molecule has 1 aromatic carbocycles. The van der Waals surface area contributed by atoms with Crippen LogP contribution in [0.1, 0.15) is 19.3 Å². The Bertz CT molecular complexity index is 441. The molecule has 0 atom stereocenters. The summed E-state index contributed by atoms with van der Waals surface area (Å²) in [6.45, 7) is 0.111. The Hall–Kier alpha value is -1.65. The van der Waals surface area contributed by atoms with Crippen molar-refractivity contribution in [1.82, 2.24) is 0 Å². The predicted octanol–water partition coefficient (Wildman–Crippen LogP) is 2.60. The third kappa shape index (κ3) is 2.93.